The molecule has 0 fully saturated rings. The first-order chi connectivity index (χ1) is 8.49. The van der Waals surface area contributed by atoms with Gasteiger partial charge in [-0.3, -0.25) is 0 Å². The molecule has 5 nitrogen and oxygen atoms in total. The Bertz CT molecular complexity index is 593. The Hall–Kier alpha value is -1.69. The van der Waals surface area contributed by atoms with Gasteiger partial charge in [-0.1, -0.05) is 28.1 Å². The third kappa shape index (κ3) is 2.43. The van der Waals surface area contributed by atoms with Crippen LogP contribution in [0.5, 0.6) is 0 Å². The Kier molecular flexibility index (Phi) is 3.47. The lowest BCUT2D eigenvalue weighted by Gasteiger charge is -2.01. The number of hydrogen-bond acceptors (Lipinski definition) is 3. The summed E-state index contributed by atoms with van der Waals surface area (Å²) < 4.78 is 0.871. The van der Waals surface area contributed by atoms with Gasteiger partial charge in [-0.05, 0) is 26.0 Å². The molecule has 1 heterocycles. The van der Waals surface area contributed by atoms with Crippen LogP contribution in [0.3, 0.4) is 0 Å². The zero-order valence-electron chi connectivity index (χ0n) is 9.96. The molecule has 18 heavy (non-hydrogen) atoms. The number of aromatic nitrogens is 3. The fourth-order valence-corrected chi connectivity index (χ4v) is 1.93. The SMILES string of the molecule is CC(C)n1nc(C(=O)O)c(-c2cccc(Br)c2)n1. The summed E-state index contributed by atoms with van der Waals surface area (Å²) in [4.78, 5) is 12.6. The Balaban J connectivity index is 2.58. The number of benzene rings is 1. The van der Waals surface area contributed by atoms with E-state index in [0.717, 1.165) is 10.0 Å². The maximum absolute atomic E-state index is 11.2. The van der Waals surface area contributed by atoms with Crippen molar-refractivity contribution in [3.8, 4) is 11.3 Å². The first-order valence-electron chi connectivity index (χ1n) is 5.45. The molecule has 0 aliphatic carbocycles. The Morgan fingerprint density at radius 2 is 2.11 bits per heavy atom. The van der Waals surface area contributed by atoms with Gasteiger partial charge in [0.05, 0.1) is 6.04 Å². The van der Waals surface area contributed by atoms with Crippen LogP contribution in [-0.4, -0.2) is 26.1 Å². The minimum atomic E-state index is -1.07. The molecule has 2 rings (SSSR count). The van der Waals surface area contributed by atoms with Crippen molar-refractivity contribution in [2.45, 2.75) is 19.9 Å². The largest absolute Gasteiger partial charge is 0.476 e. The molecule has 0 bridgehead atoms. The van der Waals surface area contributed by atoms with Gasteiger partial charge in [0, 0.05) is 10.0 Å². The van der Waals surface area contributed by atoms with Gasteiger partial charge >= 0.3 is 5.97 Å². The van der Waals surface area contributed by atoms with Crippen LogP contribution in [-0.2, 0) is 0 Å². The van der Waals surface area contributed by atoms with Gasteiger partial charge in [0.15, 0.2) is 5.69 Å². The van der Waals surface area contributed by atoms with Crippen molar-refractivity contribution >= 4 is 21.9 Å². The molecule has 0 amide bonds. The van der Waals surface area contributed by atoms with Crippen molar-refractivity contribution in [3.05, 3.63) is 34.4 Å². The lowest BCUT2D eigenvalue weighted by atomic mass is 10.1. The first-order valence-corrected chi connectivity index (χ1v) is 6.24. The van der Waals surface area contributed by atoms with E-state index in [1.165, 1.54) is 4.80 Å². The van der Waals surface area contributed by atoms with E-state index in [1.54, 1.807) is 0 Å². The molecule has 6 heteroatoms. The topological polar surface area (TPSA) is 68.0 Å². The van der Waals surface area contributed by atoms with Crippen LogP contribution in [0.25, 0.3) is 11.3 Å². The lowest BCUT2D eigenvalue weighted by molar-refractivity contribution is 0.0690. The Morgan fingerprint density at radius 1 is 1.39 bits per heavy atom. The molecule has 0 saturated carbocycles. The minimum absolute atomic E-state index is 0.0176. The van der Waals surface area contributed by atoms with Crippen LogP contribution in [0, 0.1) is 0 Å². The summed E-state index contributed by atoms with van der Waals surface area (Å²) in [5, 5.41) is 17.4. The average molecular weight is 310 g/mol. The van der Waals surface area contributed by atoms with E-state index in [1.807, 2.05) is 38.1 Å². The van der Waals surface area contributed by atoms with Gasteiger partial charge in [-0.25, -0.2) is 4.79 Å². The Morgan fingerprint density at radius 3 is 2.67 bits per heavy atom. The van der Waals surface area contributed by atoms with E-state index in [4.69, 9.17) is 5.11 Å². The number of hydrogen-bond donors (Lipinski definition) is 1. The highest BCUT2D eigenvalue weighted by molar-refractivity contribution is 9.10. The summed E-state index contributed by atoms with van der Waals surface area (Å²) >= 11 is 3.35. The van der Waals surface area contributed by atoms with E-state index < -0.39 is 5.97 Å². The summed E-state index contributed by atoms with van der Waals surface area (Å²) in [5.74, 6) is -1.07. The third-order valence-electron chi connectivity index (χ3n) is 2.39. The molecule has 94 valence electrons. The van der Waals surface area contributed by atoms with Gasteiger partial charge in [0.25, 0.3) is 0 Å². The van der Waals surface area contributed by atoms with E-state index in [2.05, 4.69) is 26.1 Å². The van der Waals surface area contributed by atoms with Crippen molar-refractivity contribution in [3.63, 3.8) is 0 Å². The van der Waals surface area contributed by atoms with Crippen LogP contribution in [0.15, 0.2) is 28.7 Å². The number of halogens is 1. The number of carboxylic acid groups (broad SMARTS) is 1. The molecule has 0 unspecified atom stereocenters. The molecule has 0 radical (unpaired) electrons. The van der Waals surface area contributed by atoms with Crippen LogP contribution in [0.2, 0.25) is 0 Å². The predicted molar refractivity (Wildman–Crippen MR) is 70.5 cm³/mol. The van der Waals surface area contributed by atoms with Gasteiger partial charge in [0.1, 0.15) is 5.69 Å². The molecule has 0 atom stereocenters. The van der Waals surface area contributed by atoms with Crippen LogP contribution in [0.1, 0.15) is 30.4 Å². The molecular weight excluding hydrogens is 298 g/mol. The van der Waals surface area contributed by atoms with Crippen LogP contribution in [0.4, 0.5) is 0 Å². The summed E-state index contributed by atoms with van der Waals surface area (Å²) in [6.07, 6.45) is 0. The maximum Gasteiger partial charge on any atom is 0.358 e. The highest BCUT2D eigenvalue weighted by atomic mass is 79.9. The molecule has 0 aliphatic heterocycles. The summed E-state index contributed by atoms with van der Waals surface area (Å²) in [5.41, 5.74) is 1.09. The molecule has 1 N–H and O–H groups in total. The number of nitrogens with zero attached hydrogens (tertiary/aromatic N) is 3. The van der Waals surface area contributed by atoms with E-state index in [-0.39, 0.29) is 11.7 Å². The summed E-state index contributed by atoms with van der Waals surface area (Å²) in [6.45, 7) is 3.80. The van der Waals surface area contributed by atoms with Gasteiger partial charge in [-0.15, -0.1) is 5.10 Å². The smallest absolute Gasteiger partial charge is 0.358 e. The molecule has 0 spiro atoms. The normalized spacial score (nSPS) is 10.9. The summed E-state index contributed by atoms with van der Waals surface area (Å²) in [7, 11) is 0. The maximum atomic E-state index is 11.2. The molecule has 2 aromatic rings. The van der Waals surface area contributed by atoms with Crippen molar-refractivity contribution in [1.29, 1.82) is 0 Å². The predicted octanol–water partition coefficient (Wildman–Crippen LogP) is 2.99. The van der Waals surface area contributed by atoms with E-state index >= 15 is 0 Å². The quantitative estimate of drug-likeness (QED) is 0.946. The van der Waals surface area contributed by atoms with Crippen molar-refractivity contribution in [2.24, 2.45) is 0 Å². The van der Waals surface area contributed by atoms with Gasteiger partial charge in [-0.2, -0.15) is 9.90 Å². The van der Waals surface area contributed by atoms with Gasteiger partial charge < -0.3 is 5.11 Å². The standard InChI is InChI=1S/C12H12BrN3O2/c1-7(2)16-14-10(11(15-16)12(17)18)8-4-3-5-9(13)6-8/h3-7H,1-2H3,(H,17,18). The van der Waals surface area contributed by atoms with Gasteiger partial charge in [0.2, 0.25) is 0 Å². The van der Waals surface area contributed by atoms with Crippen molar-refractivity contribution in [2.75, 3.05) is 0 Å². The second-order valence-corrected chi connectivity index (χ2v) is 5.04. The van der Waals surface area contributed by atoms with Crippen molar-refractivity contribution in [1.82, 2.24) is 15.0 Å². The number of carbonyl (C=O) groups is 1. The average Bonchev–Trinajstić information content (AvgIpc) is 2.73. The second-order valence-electron chi connectivity index (χ2n) is 4.13. The van der Waals surface area contributed by atoms with Crippen LogP contribution >= 0.6 is 15.9 Å². The molecule has 1 aromatic carbocycles. The lowest BCUT2D eigenvalue weighted by Crippen LogP contribution is -2.06. The third-order valence-corrected chi connectivity index (χ3v) is 2.88. The van der Waals surface area contributed by atoms with Crippen molar-refractivity contribution < 1.29 is 9.90 Å². The monoisotopic (exact) mass is 309 g/mol. The highest BCUT2D eigenvalue weighted by Gasteiger charge is 2.20. The van der Waals surface area contributed by atoms with E-state index in [9.17, 15) is 4.79 Å². The summed E-state index contributed by atoms with van der Waals surface area (Å²) in [6, 6.07) is 7.35. The van der Waals surface area contributed by atoms with Crippen LogP contribution < -0.4 is 0 Å². The Labute approximate surface area is 113 Å². The number of rotatable bonds is 3. The molecule has 0 saturated heterocycles. The molecule has 0 aliphatic rings. The highest BCUT2D eigenvalue weighted by Crippen LogP contribution is 2.24. The van der Waals surface area contributed by atoms with E-state index in [0.29, 0.717) is 5.69 Å². The fourth-order valence-electron chi connectivity index (χ4n) is 1.53. The number of aromatic carboxylic acids is 1. The molecule has 1 aromatic heterocycles. The first kappa shape index (κ1) is 12.8. The second kappa shape index (κ2) is 4.89. The zero-order valence-corrected chi connectivity index (χ0v) is 11.5. The molecular formula is C12H12BrN3O2. The zero-order chi connectivity index (χ0) is 13.3. The fraction of sp³-hybridized carbons (Fsp3) is 0.250. The number of carboxylic acids is 1. The minimum Gasteiger partial charge on any atom is -0.476 e.